The highest BCUT2D eigenvalue weighted by molar-refractivity contribution is 6.30. The first-order valence-corrected chi connectivity index (χ1v) is 7.55. The van der Waals surface area contributed by atoms with E-state index in [0.29, 0.717) is 10.7 Å². The Bertz CT molecular complexity index is 732. The highest BCUT2D eigenvalue weighted by Crippen LogP contribution is 2.29. The summed E-state index contributed by atoms with van der Waals surface area (Å²) in [7, 11) is 1.85. The Labute approximate surface area is 139 Å². The molecule has 0 amide bonds. The topological polar surface area (TPSA) is 27.6 Å². The van der Waals surface area contributed by atoms with Crippen LogP contribution in [-0.4, -0.2) is 24.8 Å². The summed E-state index contributed by atoms with van der Waals surface area (Å²) >= 11 is 5.72. The van der Waals surface area contributed by atoms with Crippen molar-refractivity contribution in [3.8, 4) is 0 Å². The summed E-state index contributed by atoms with van der Waals surface area (Å²) in [6, 6.07) is 7.21. The van der Waals surface area contributed by atoms with E-state index >= 15 is 0 Å². The number of nitrogens with one attached hydrogen (secondary N) is 1. The average Bonchev–Trinajstić information content (AvgIpc) is 2.51. The first-order chi connectivity index (χ1) is 10.9. The van der Waals surface area contributed by atoms with Crippen LogP contribution in [0.3, 0.4) is 0 Å². The minimum absolute atomic E-state index is 0.235. The van der Waals surface area contributed by atoms with Gasteiger partial charge in [0.15, 0.2) is 5.82 Å². The molecule has 1 N–H and O–H groups in total. The van der Waals surface area contributed by atoms with Crippen molar-refractivity contribution in [2.45, 2.75) is 13.8 Å². The lowest BCUT2D eigenvalue weighted by molar-refractivity contribution is 0.551. The van der Waals surface area contributed by atoms with Gasteiger partial charge >= 0.3 is 0 Å². The minimum atomic E-state index is -0.496. The van der Waals surface area contributed by atoms with Crippen molar-refractivity contribution in [3.63, 3.8) is 0 Å². The average molecular weight is 338 g/mol. The minimum Gasteiger partial charge on any atom is -0.366 e. The molecule has 6 heteroatoms. The van der Waals surface area contributed by atoms with E-state index in [1.165, 1.54) is 18.2 Å². The maximum absolute atomic E-state index is 14.2. The molecule has 0 aromatic heterocycles. The van der Waals surface area contributed by atoms with Gasteiger partial charge in [0.1, 0.15) is 11.5 Å². The molecule has 0 aliphatic heterocycles. The molecule has 0 saturated heterocycles. The van der Waals surface area contributed by atoms with Crippen molar-refractivity contribution >= 4 is 35.0 Å². The van der Waals surface area contributed by atoms with Gasteiger partial charge in [0.05, 0.1) is 12.0 Å². The van der Waals surface area contributed by atoms with Crippen molar-refractivity contribution in [3.05, 3.63) is 52.6 Å². The number of nitrogens with zero attached hydrogens (tertiary/aromatic N) is 2. The fourth-order valence-electron chi connectivity index (χ4n) is 1.88. The summed E-state index contributed by atoms with van der Waals surface area (Å²) in [4.78, 5) is 5.96. The fourth-order valence-corrected chi connectivity index (χ4v) is 2.04. The van der Waals surface area contributed by atoms with Crippen molar-refractivity contribution in [2.24, 2.45) is 4.99 Å². The van der Waals surface area contributed by atoms with Gasteiger partial charge in [0, 0.05) is 24.3 Å². The van der Waals surface area contributed by atoms with Crippen LogP contribution < -0.4 is 5.32 Å². The van der Waals surface area contributed by atoms with Crippen LogP contribution in [0.1, 0.15) is 12.5 Å². The third-order valence-electron chi connectivity index (χ3n) is 3.39. The number of hydrogen-bond donors (Lipinski definition) is 1. The maximum atomic E-state index is 14.2. The summed E-state index contributed by atoms with van der Waals surface area (Å²) in [6.45, 7) is 4.55. The molecule has 0 aliphatic carbocycles. The van der Waals surface area contributed by atoms with Gasteiger partial charge in [-0.25, -0.2) is 13.8 Å². The first-order valence-electron chi connectivity index (χ1n) is 7.17. The van der Waals surface area contributed by atoms with E-state index in [4.69, 9.17) is 11.6 Å². The Balaban J connectivity index is 2.27. The predicted octanol–water partition coefficient (Wildman–Crippen LogP) is 5.28. The van der Waals surface area contributed by atoms with Crippen LogP contribution in [-0.2, 0) is 0 Å². The van der Waals surface area contributed by atoms with Crippen molar-refractivity contribution in [1.29, 1.82) is 0 Å². The van der Waals surface area contributed by atoms with Gasteiger partial charge in [-0.3, -0.25) is 0 Å². The standard InChI is InChI=1S/C17H18ClF2N3/c1-4-23(3)10-21-17-7-11(2)16(9-14(17)20)22-15-6-5-12(18)8-13(15)19/h5-10,22H,4H2,1-3H3/b21-10-. The lowest BCUT2D eigenvalue weighted by Crippen LogP contribution is -2.14. The second-order valence-corrected chi connectivity index (χ2v) is 5.62. The van der Waals surface area contributed by atoms with E-state index in [0.717, 1.165) is 12.1 Å². The fraction of sp³-hybridized carbons (Fsp3) is 0.235. The summed E-state index contributed by atoms with van der Waals surface area (Å²) in [5.41, 5.74) is 1.71. The van der Waals surface area contributed by atoms with Gasteiger partial charge in [-0.05, 0) is 49.7 Å². The van der Waals surface area contributed by atoms with E-state index in [-0.39, 0.29) is 11.4 Å². The Morgan fingerprint density at radius 2 is 1.91 bits per heavy atom. The molecule has 2 rings (SSSR count). The molecule has 0 radical (unpaired) electrons. The number of aryl methyl sites for hydroxylation is 1. The van der Waals surface area contributed by atoms with Crippen LogP contribution in [0.5, 0.6) is 0 Å². The maximum Gasteiger partial charge on any atom is 0.150 e. The molecular weight excluding hydrogens is 320 g/mol. The van der Waals surface area contributed by atoms with Crippen molar-refractivity contribution in [1.82, 2.24) is 4.90 Å². The van der Waals surface area contributed by atoms with E-state index in [1.54, 1.807) is 25.4 Å². The molecule has 23 heavy (non-hydrogen) atoms. The van der Waals surface area contributed by atoms with Gasteiger partial charge in [-0.1, -0.05) is 11.6 Å². The van der Waals surface area contributed by atoms with Crippen LogP contribution in [0.25, 0.3) is 0 Å². The van der Waals surface area contributed by atoms with Gasteiger partial charge in [0.25, 0.3) is 0 Å². The number of benzene rings is 2. The van der Waals surface area contributed by atoms with Gasteiger partial charge in [-0.15, -0.1) is 0 Å². The van der Waals surface area contributed by atoms with E-state index in [9.17, 15) is 8.78 Å². The molecule has 2 aromatic carbocycles. The SMILES string of the molecule is CCN(C)/C=N\c1cc(C)c(Nc2ccc(Cl)cc2F)cc1F. The van der Waals surface area contributed by atoms with E-state index in [2.05, 4.69) is 10.3 Å². The normalized spacial score (nSPS) is 11.0. The zero-order valence-electron chi connectivity index (χ0n) is 13.2. The molecule has 0 spiro atoms. The quantitative estimate of drug-likeness (QED) is 0.593. The van der Waals surface area contributed by atoms with Gasteiger partial charge in [0.2, 0.25) is 0 Å². The summed E-state index contributed by atoms with van der Waals surface area (Å²) in [6.07, 6.45) is 1.57. The van der Waals surface area contributed by atoms with Gasteiger partial charge < -0.3 is 10.2 Å². The highest BCUT2D eigenvalue weighted by Gasteiger charge is 2.09. The molecule has 0 unspecified atom stereocenters. The lowest BCUT2D eigenvalue weighted by Gasteiger charge is -2.13. The number of aliphatic imine (C=N–C) groups is 1. The first kappa shape index (κ1) is 17.2. The number of anilines is 2. The van der Waals surface area contributed by atoms with Gasteiger partial charge in [-0.2, -0.15) is 0 Å². The van der Waals surface area contributed by atoms with E-state index < -0.39 is 11.6 Å². The Hall–Kier alpha value is -2.14. The molecule has 0 bridgehead atoms. The van der Waals surface area contributed by atoms with Crippen LogP contribution in [0.15, 0.2) is 35.3 Å². The second kappa shape index (κ2) is 7.42. The molecule has 2 aromatic rings. The van der Waals surface area contributed by atoms with Crippen LogP contribution >= 0.6 is 11.6 Å². The smallest absolute Gasteiger partial charge is 0.150 e. The third kappa shape index (κ3) is 4.42. The highest BCUT2D eigenvalue weighted by atomic mass is 35.5. The molecule has 0 fully saturated rings. The third-order valence-corrected chi connectivity index (χ3v) is 3.62. The van der Waals surface area contributed by atoms with Crippen LogP contribution in [0, 0.1) is 18.6 Å². The lowest BCUT2D eigenvalue weighted by atomic mass is 10.1. The number of halogens is 3. The zero-order chi connectivity index (χ0) is 17.0. The summed E-state index contributed by atoms with van der Waals surface area (Å²) in [5.74, 6) is -0.975. The predicted molar refractivity (Wildman–Crippen MR) is 92.3 cm³/mol. The number of rotatable bonds is 5. The largest absolute Gasteiger partial charge is 0.366 e. The van der Waals surface area contributed by atoms with Crippen molar-refractivity contribution in [2.75, 3.05) is 18.9 Å². The second-order valence-electron chi connectivity index (χ2n) is 5.19. The molecule has 0 aliphatic rings. The Kier molecular flexibility index (Phi) is 5.55. The monoisotopic (exact) mass is 337 g/mol. The number of hydrogen-bond acceptors (Lipinski definition) is 2. The van der Waals surface area contributed by atoms with Crippen LogP contribution in [0.4, 0.5) is 25.8 Å². The summed E-state index contributed by atoms with van der Waals surface area (Å²) < 4.78 is 28.0. The van der Waals surface area contributed by atoms with Crippen LogP contribution in [0.2, 0.25) is 5.02 Å². The van der Waals surface area contributed by atoms with E-state index in [1.807, 2.05) is 18.9 Å². The molecule has 122 valence electrons. The molecule has 0 heterocycles. The molecule has 0 saturated carbocycles. The molecule has 0 atom stereocenters. The van der Waals surface area contributed by atoms with Crippen molar-refractivity contribution < 1.29 is 8.78 Å². The zero-order valence-corrected chi connectivity index (χ0v) is 14.0. The molecule has 3 nitrogen and oxygen atoms in total. The Morgan fingerprint density at radius 3 is 2.57 bits per heavy atom. The molecular formula is C17H18ClF2N3. The Morgan fingerprint density at radius 1 is 1.17 bits per heavy atom. The summed E-state index contributed by atoms with van der Waals surface area (Å²) in [5, 5.41) is 3.18.